The highest BCUT2D eigenvalue weighted by atomic mass is 16.7. The van der Waals surface area contributed by atoms with E-state index < -0.39 is 0 Å². The van der Waals surface area contributed by atoms with Crippen molar-refractivity contribution < 1.29 is 18.7 Å². The van der Waals surface area contributed by atoms with Crippen molar-refractivity contribution in [3.8, 4) is 22.6 Å². The molecule has 0 radical (unpaired) electrons. The average molecular weight is 438 g/mol. The smallest absolute Gasteiger partial charge is 0.231 e. The Morgan fingerprint density at radius 3 is 2.75 bits per heavy atom. The lowest BCUT2D eigenvalue weighted by molar-refractivity contribution is -0.117. The Balaban J connectivity index is 1.30. The molecule has 0 aliphatic carbocycles. The maximum Gasteiger partial charge on any atom is 0.231 e. The summed E-state index contributed by atoms with van der Waals surface area (Å²) in [6.45, 7) is 8.43. The van der Waals surface area contributed by atoms with E-state index in [9.17, 15) is 0 Å². The van der Waals surface area contributed by atoms with Crippen LogP contribution in [-0.2, 0) is 24.8 Å². The molecule has 1 atom stereocenters. The molecule has 3 aliphatic heterocycles. The van der Waals surface area contributed by atoms with E-state index in [4.69, 9.17) is 18.7 Å². The van der Waals surface area contributed by atoms with Crippen LogP contribution in [0.15, 0.2) is 22.9 Å². The number of fused-ring (bicyclic) bond motifs is 1. The van der Waals surface area contributed by atoms with Crippen molar-refractivity contribution in [2.75, 3.05) is 33.1 Å². The van der Waals surface area contributed by atoms with E-state index in [1.807, 2.05) is 24.9 Å². The summed E-state index contributed by atoms with van der Waals surface area (Å²) in [6, 6.07) is 4.30. The summed E-state index contributed by atoms with van der Waals surface area (Å²) in [5, 5.41) is 8.54. The average Bonchev–Trinajstić information content (AvgIpc) is 3.53. The molecule has 9 heteroatoms. The van der Waals surface area contributed by atoms with Crippen molar-refractivity contribution in [2.45, 2.75) is 32.7 Å². The molecule has 2 aromatic heterocycles. The Labute approximate surface area is 186 Å². The highest BCUT2D eigenvalue weighted by Crippen LogP contribution is 2.49. The summed E-state index contributed by atoms with van der Waals surface area (Å²) >= 11 is 0. The van der Waals surface area contributed by atoms with Crippen LogP contribution in [0.2, 0.25) is 0 Å². The quantitative estimate of drug-likeness (QED) is 0.602. The normalized spacial score (nSPS) is 21.4. The molecule has 1 aromatic carbocycles. The number of hydrogen-bond acceptors (Lipinski definition) is 8. The van der Waals surface area contributed by atoms with Gasteiger partial charge in [-0.05, 0) is 24.6 Å². The molecule has 2 saturated heterocycles. The number of hydrogen-bond donors (Lipinski definition) is 0. The number of aryl methyl sites for hydroxylation is 2. The molecule has 5 heterocycles. The van der Waals surface area contributed by atoms with Crippen LogP contribution in [-0.4, -0.2) is 57.9 Å². The number of benzene rings is 1. The minimum atomic E-state index is 0.0522. The van der Waals surface area contributed by atoms with Gasteiger partial charge in [-0.2, -0.15) is 10.1 Å². The Kier molecular flexibility index (Phi) is 4.51. The summed E-state index contributed by atoms with van der Waals surface area (Å²) in [6.07, 6.45) is 2.67. The second kappa shape index (κ2) is 7.31. The molecule has 0 N–H and O–H groups in total. The van der Waals surface area contributed by atoms with Gasteiger partial charge in [0.2, 0.25) is 12.7 Å². The molecule has 0 amide bonds. The SMILES string of the molecule is CCc1noc(C2CN(Cc3cc4c(c(-c5cnn(C)c5C)c3)OCO4)CC23COC3)n1. The molecule has 3 aliphatic rings. The van der Waals surface area contributed by atoms with Gasteiger partial charge in [0, 0.05) is 55.3 Å². The number of ether oxygens (including phenoxy) is 3. The predicted octanol–water partition coefficient (Wildman–Crippen LogP) is 2.69. The van der Waals surface area contributed by atoms with Crippen molar-refractivity contribution in [2.24, 2.45) is 12.5 Å². The molecular weight excluding hydrogens is 410 g/mol. The van der Waals surface area contributed by atoms with Crippen LogP contribution in [0.1, 0.15) is 35.8 Å². The number of aromatic nitrogens is 4. The van der Waals surface area contributed by atoms with E-state index in [-0.39, 0.29) is 18.1 Å². The minimum Gasteiger partial charge on any atom is -0.454 e. The molecule has 168 valence electrons. The van der Waals surface area contributed by atoms with E-state index in [0.717, 1.165) is 79.3 Å². The predicted molar refractivity (Wildman–Crippen MR) is 114 cm³/mol. The van der Waals surface area contributed by atoms with Crippen molar-refractivity contribution in [1.82, 2.24) is 24.8 Å². The summed E-state index contributed by atoms with van der Waals surface area (Å²) in [7, 11) is 1.95. The largest absolute Gasteiger partial charge is 0.454 e. The third-order valence-electron chi connectivity index (χ3n) is 7.06. The Morgan fingerprint density at radius 1 is 1.19 bits per heavy atom. The molecule has 1 unspecified atom stereocenters. The van der Waals surface area contributed by atoms with Gasteiger partial charge in [0.1, 0.15) is 0 Å². The van der Waals surface area contributed by atoms with Crippen LogP contribution >= 0.6 is 0 Å². The molecule has 1 spiro atoms. The fourth-order valence-electron chi connectivity index (χ4n) is 5.12. The van der Waals surface area contributed by atoms with E-state index in [2.05, 4.69) is 39.2 Å². The zero-order chi connectivity index (χ0) is 21.9. The highest BCUT2D eigenvalue weighted by molar-refractivity contribution is 5.76. The maximum atomic E-state index is 5.80. The lowest BCUT2D eigenvalue weighted by Gasteiger charge is -2.41. The summed E-state index contributed by atoms with van der Waals surface area (Å²) in [5.41, 5.74) is 4.43. The van der Waals surface area contributed by atoms with Gasteiger partial charge in [-0.1, -0.05) is 12.1 Å². The zero-order valence-electron chi connectivity index (χ0n) is 18.6. The van der Waals surface area contributed by atoms with Gasteiger partial charge >= 0.3 is 0 Å². The van der Waals surface area contributed by atoms with Gasteiger partial charge in [-0.3, -0.25) is 9.58 Å². The summed E-state index contributed by atoms with van der Waals surface area (Å²) < 4.78 is 24.7. The van der Waals surface area contributed by atoms with Gasteiger partial charge in [-0.15, -0.1) is 0 Å². The van der Waals surface area contributed by atoms with Crippen molar-refractivity contribution in [1.29, 1.82) is 0 Å². The molecule has 32 heavy (non-hydrogen) atoms. The first-order valence-electron chi connectivity index (χ1n) is 11.1. The fourth-order valence-corrected chi connectivity index (χ4v) is 5.12. The zero-order valence-corrected chi connectivity index (χ0v) is 18.6. The standard InChI is InChI=1S/C23H27N5O4/c1-4-20-25-22(32-26-20)18-9-28(10-23(18)11-29-12-23)8-15-5-16(17-7-24-27(3)14(17)2)21-19(6-15)30-13-31-21/h5-7,18H,4,8-13H2,1-3H3. The molecule has 0 saturated carbocycles. The van der Waals surface area contributed by atoms with Crippen LogP contribution in [0.4, 0.5) is 0 Å². The molecule has 3 aromatic rings. The number of nitrogens with zero attached hydrogens (tertiary/aromatic N) is 5. The molecule has 0 bridgehead atoms. The van der Waals surface area contributed by atoms with E-state index in [1.165, 1.54) is 5.56 Å². The first-order valence-corrected chi connectivity index (χ1v) is 11.1. The van der Waals surface area contributed by atoms with Crippen LogP contribution in [0.5, 0.6) is 11.5 Å². The van der Waals surface area contributed by atoms with Crippen LogP contribution in [0.3, 0.4) is 0 Å². The van der Waals surface area contributed by atoms with Crippen LogP contribution in [0, 0.1) is 12.3 Å². The first kappa shape index (κ1) is 19.8. The molecule has 6 rings (SSSR count). The van der Waals surface area contributed by atoms with Crippen molar-refractivity contribution in [3.05, 3.63) is 41.3 Å². The van der Waals surface area contributed by atoms with Crippen LogP contribution in [0.25, 0.3) is 11.1 Å². The number of likely N-dealkylation sites (tertiary alicyclic amines) is 1. The molecule has 2 fully saturated rings. The minimum absolute atomic E-state index is 0.0522. The first-order chi connectivity index (χ1) is 15.6. The summed E-state index contributed by atoms with van der Waals surface area (Å²) in [5.74, 6) is 3.29. The van der Waals surface area contributed by atoms with Crippen molar-refractivity contribution >= 4 is 0 Å². The third kappa shape index (κ3) is 3.02. The Morgan fingerprint density at radius 2 is 2.06 bits per heavy atom. The molecule has 9 nitrogen and oxygen atoms in total. The van der Waals surface area contributed by atoms with Gasteiger partial charge < -0.3 is 18.7 Å². The van der Waals surface area contributed by atoms with Gasteiger partial charge in [0.15, 0.2) is 17.3 Å². The van der Waals surface area contributed by atoms with E-state index in [1.54, 1.807) is 0 Å². The third-order valence-corrected chi connectivity index (χ3v) is 7.06. The maximum absolute atomic E-state index is 5.80. The Hall–Kier alpha value is -2.91. The van der Waals surface area contributed by atoms with Gasteiger partial charge in [-0.25, -0.2) is 0 Å². The lowest BCUT2D eigenvalue weighted by Crippen LogP contribution is -2.48. The lowest BCUT2D eigenvalue weighted by atomic mass is 9.76. The topological polar surface area (TPSA) is 87.7 Å². The monoisotopic (exact) mass is 437 g/mol. The number of rotatable bonds is 5. The second-order valence-corrected chi connectivity index (χ2v) is 9.12. The fraction of sp³-hybridized carbons (Fsp3) is 0.522. The van der Waals surface area contributed by atoms with Gasteiger partial charge in [0.25, 0.3) is 0 Å². The van der Waals surface area contributed by atoms with E-state index in [0.29, 0.717) is 0 Å². The van der Waals surface area contributed by atoms with Gasteiger partial charge in [0.05, 0.1) is 25.3 Å². The van der Waals surface area contributed by atoms with E-state index >= 15 is 0 Å². The molecular formula is C23H27N5O4. The van der Waals surface area contributed by atoms with Crippen LogP contribution < -0.4 is 9.47 Å². The summed E-state index contributed by atoms with van der Waals surface area (Å²) in [4.78, 5) is 7.10. The highest BCUT2D eigenvalue weighted by Gasteiger charge is 2.54. The Bertz CT molecular complexity index is 1170. The second-order valence-electron chi connectivity index (χ2n) is 9.12. The van der Waals surface area contributed by atoms with Crippen molar-refractivity contribution in [3.63, 3.8) is 0 Å².